The first-order valence-corrected chi connectivity index (χ1v) is 7.93. The van der Waals surface area contributed by atoms with E-state index in [-0.39, 0.29) is 17.0 Å². The number of carbonyl (C=O) groups excluding carboxylic acids is 2. The van der Waals surface area contributed by atoms with Crippen LogP contribution in [0.25, 0.3) is 0 Å². The third-order valence-electron chi connectivity index (χ3n) is 3.73. The number of pyridine rings is 1. The number of ketones is 2. The van der Waals surface area contributed by atoms with Gasteiger partial charge in [-0.15, -0.1) is 0 Å². The fourth-order valence-corrected chi connectivity index (χ4v) is 3.00. The Balaban J connectivity index is 0.000000268. The topological polar surface area (TPSA) is 47.0 Å². The van der Waals surface area contributed by atoms with Gasteiger partial charge in [0, 0.05) is 30.3 Å². The molecule has 1 heterocycles. The zero-order valence-electron chi connectivity index (χ0n) is 13.3. The number of hydrogen-bond acceptors (Lipinski definition) is 3. The van der Waals surface area contributed by atoms with Crippen molar-refractivity contribution in [3.8, 4) is 0 Å². The number of nitrogens with zero attached hydrogens (tertiary/aromatic N) is 1. The summed E-state index contributed by atoms with van der Waals surface area (Å²) in [5.41, 5.74) is 0.436. The zero-order valence-corrected chi connectivity index (χ0v) is 14.1. The molecule has 1 saturated carbocycles. The van der Waals surface area contributed by atoms with E-state index >= 15 is 0 Å². The molecule has 23 heavy (non-hydrogen) atoms. The van der Waals surface area contributed by atoms with Gasteiger partial charge in [-0.2, -0.15) is 0 Å². The molecule has 1 aromatic carbocycles. The molecule has 1 aromatic heterocycles. The number of aromatic nitrogens is 1. The molecule has 3 rings (SSSR count). The van der Waals surface area contributed by atoms with Crippen molar-refractivity contribution < 1.29 is 9.59 Å². The molecule has 120 valence electrons. The average molecular weight is 330 g/mol. The fraction of sp³-hybridized carbons (Fsp3) is 0.316. The molecule has 2 aromatic rings. The van der Waals surface area contributed by atoms with Crippen LogP contribution in [0.3, 0.4) is 0 Å². The number of hydrogen-bond donors (Lipinski definition) is 0. The number of carbonyl (C=O) groups is 2. The summed E-state index contributed by atoms with van der Waals surface area (Å²) in [6.07, 6.45) is 4.38. The van der Waals surface area contributed by atoms with Gasteiger partial charge >= 0.3 is 0 Å². The van der Waals surface area contributed by atoms with Gasteiger partial charge in [0.25, 0.3) is 0 Å². The van der Waals surface area contributed by atoms with Gasteiger partial charge in [-0.1, -0.05) is 49.7 Å². The Morgan fingerprint density at radius 2 is 1.52 bits per heavy atom. The molecule has 4 heteroatoms. The second-order valence-corrected chi connectivity index (χ2v) is 6.84. The van der Waals surface area contributed by atoms with E-state index in [4.69, 9.17) is 11.6 Å². The van der Waals surface area contributed by atoms with Crippen LogP contribution in [0.1, 0.15) is 38.2 Å². The highest BCUT2D eigenvalue weighted by atomic mass is 35.5. The maximum absolute atomic E-state index is 12.1. The lowest BCUT2D eigenvalue weighted by molar-refractivity contribution is -0.135. The molecule has 0 spiro atoms. The zero-order chi connectivity index (χ0) is 16.9. The minimum Gasteiger partial charge on any atom is -0.299 e. The number of benzene rings is 1. The highest BCUT2D eigenvalue weighted by molar-refractivity contribution is 6.32. The summed E-state index contributed by atoms with van der Waals surface area (Å²) in [6.45, 7) is 3.90. The second-order valence-electron chi connectivity index (χ2n) is 6.43. The first kappa shape index (κ1) is 17.4. The second kappa shape index (κ2) is 7.51. The summed E-state index contributed by atoms with van der Waals surface area (Å²) in [7, 11) is 0. The summed E-state index contributed by atoms with van der Waals surface area (Å²) in [5.74, 6) is -0.685. The van der Waals surface area contributed by atoms with Crippen LogP contribution < -0.4 is 0 Å². The van der Waals surface area contributed by atoms with E-state index in [1.54, 1.807) is 30.6 Å². The standard InChI is InChI=1S/C14H15ClO2.C5H5N/c1-14(2)7-11(16)13(12(17)8-14)9-5-3-4-6-10(9)15;1-2-4-6-5-3-1/h3-6,13H,7-8H2,1-2H3;1-5H. The molecule has 0 radical (unpaired) electrons. The fourth-order valence-electron chi connectivity index (χ4n) is 2.76. The molecule has 3 nitrogen and oxygen atoms in total. The van der Waals surface area contributed by atoms with Crippen LogP contribution in [0.2, 0.25) is 5.02 Å². The Morgan fingerprint density at radius 1 is 0.957 bits per heavy atom. The molecule has 0 unspecified atom stereocenters. The largest absolute Gasteiger partial charge is 0.299 e. The molecule has 0 bridgehead atoms. The van der Waals surface area contributed by atoms with Crippen LogP contribution in [-0.2, 0) is 9.59 Å². The van der Waals surface area contributed by atoms with Gasteiger partial charge in [0.1, 0.15) is 17.5 Å². The lowest BCUT2D eigenvalue weighted by Crippen LogP contribution is -2.36. The molecule has 0 aliphatic heterocycles. The molecule has 1 aliphatic rings. The molecule has 0 amide bonds. The van der Waals surface area contributed by atoms with Crippen molar-refractivity contribution in [2.75, 3.05) is 0 Å². The minimum atomic E-state index is -0.656. The van der Waals surface area contributed by atoms with E-state index < -0.39 is 5.92 Å². The van der Waals surface area contributed by atoms with Crippen molar-refractivity contribution in [3.63, 3.8) is 0 Å². The maximum atomic E-state index is 12.1. The molecule has 1 aliphatic carbocycles. The highest BCUT2D eigenvalue weighted by Crippen LogP contribution is 2.39. The van der Waals surface area contributed by atoms with E-state index in [1.807, 2.05) is 38.1 Å². The normalized spacial score (nSPS) is 17.3. The summed E-state index contributed by atoms with van der Waals surface area (Å²) in [4.78, 5) is 28.0. The Morgan fingerprint density at radius 3 is 1.96 bits per heavy atom. The predicted octanol–water partition coefficient (Wildman–Crippen LogP) is 4.46. The lowest BCUT2D eigenvalue weighted by atomic mass is 9.70. The van der Waals surface area contributed by atoms with Crippen molar-refractivity contribution in [1.82, 2.24) is 4.98 Å². The van der Waals surface area contributed by atoms with Crippen LogP contribution in [0, 0.1) is 5.41 Å². The third kappa shape index (κ3) is 4.73. The first-order valence-electron chi connectivity index (χ1n) is 7.55. The summed E-state index contributed by atoms with van der Waals surface area (Å²) in [5, 5.41) is 0.499. The Bertz CT molecular complexity index is 636. The quantitative estimate of drug-likeness (QED) is 0.725. The van der Waals surface area contributed by atoms with E-state index in [0.29, 0.717) is 23.4 Å². The van der Waals surface area contributed by atoms with Crippen molar-refractivity contribution in [2.24, 2.45) is 5.41 Å². The highest BCUT2D eigenvalue weighted by Gasteiger charge is 2.40. The molecule has 1 fully saturated rings. The van der Waals surface area contributed by atoms with Gasteiger partial charge in [-0.25, -0.2) is 0 Å². The van der Waals surface area contributed by atoms with Crippen molar-refractivity contribution in [2.45, 2.75) is 32.6 Å². The maximum Gasteiger partial charge on any atom is 0.148 e. The van der Waals surface area contributed by atoms with Crippen molar-refractivity contribution >= 4 is 23.2 Å². The van der Waals surface area contributed by atoms with Gasteiger partial charge in [0.05, 0.1) is 0 Å². The van der Waals surface area contributed by atoms with Crippen LogP contribution in [0.4, 0.5) is 0 Å². The molecule has 0 atom stereocenters. The van der Waals surface area contributed by atoms with Gasteiger partial charge < -0.3 is 0 Å². The van der Waals surface area contributed by atoms with Gasteiger partial charge in [-0.05, 0) is 29.2 Å². The van der Waals surface area contributed by atoms with E-state index in [1.165, 1.54) is 0 Å². The summed E-state index contributed by atoms with van der Waals surface area (Å²) in [6, 6.07) is 12.8. The first-order chi connectivity index (χ1) is 10.9. The summed E-state index contributed by atoms with van der Waals surface area (Å²) >= 11 is 6.05. The summed E-state index contributed by atoms with van der Waals surface area (Å²) < 4.78 is 0. The van der Waals surface area contributed by atoms with Crippen LogP contribution in [0.5, 0.6) is 0 Å². The predicted molar refractivity (Wildman–Crippen MR) is 91.5 cm³/mol. The van der Waals surface area contributed by atoms with E-state index in [0.717, 1.165) is 0 Å². The van der Waals surface area contributed by atoms with Crippen molar-refractivity contribution in [3.05, 3.63) is 65.4 Å². The lowest BCUT2D eigenvalue weighted by Gasteiger charge is -2.32. The monoisotopic (exact) mass is 329 g/mol. The van der Waals surface area contributed by atoms with Gasteiger partial charge in [-0.3, -0.25) is 14.6 Å². The Labute approximate surface area is 141 Å². The molecule has 0 N–H and O–H groups in total. The average Bonchev–Trinajstić information content (AvgIpc) is 2.50. The van der Waals surface area contributed by atoms with Crippen molar-refractivity contribution in [1.29, 1.82) is 0 Å². The Hall–Kier alpha value is -2.00. The number of halogens is 1. The number of Topliss-reactive ketones (excluding diaryl/α,β-unsaturated/α-hetero) is 2. The minimum absolute atomic E-state index is 0.0145. The van der Waals surface area contributed by atoms with Crippen LogP contribution in [-0.4, -0.2) is 16.6 Å². The smallest absolute Gasteiger partial charge is 0.148 e. The Kier molecular flexibility index (Phi) is 5.67. The van der Waals surface area contributed by atoms with Crippen LogP contribution in [0.15, 0.2) is 54.9 Å². The van der Waals surface area contributed by atoms with Gasteiger partial charge in [0.2, 0.25) is 0 Å². The van der Waals surface area contributed by atoms with E-state index in [9.17, 15) is 9.59 Å². The van der Waals surface area contributed by atoms with E-state index in [2.05, 4.69) is 4.98 Å². The van der Waals surface area contributed by atoms with Gasteiger partial charge in [0.15, 0.2) is 0 Å². The molecular formula is C19H20ClNO2. The number of rotatable bonds is 1. The SMILES string of the molecule is CC1(C)CC(=O)C(c2ccccc2Cl)C(=O)C1.c1ccncc1. The van der Waals surface area contributed by atoms with Crippen LogP contribution >= 0.6 is 11.6 Å². The third-order valence-corrected chi connectivity index (χ3v) is 4.08. The molecule has 0 saturated heterocycles. The molecular weight excluding hydrogens is 310 g/mol.